The molecule has 0 saturated carbocycles. The Morgan fingerprint density at radius 1 is 0.367 bits per heavy atom. The fourth-order valence-electron chi connectivity index (χ4n) is 5.10. The van der Waals surface area contributed by atoms with Gasteiger partial charge in [0.15, 0.2) is 0 Å². The highest BCUT2D eigenvalue weighted by atomic mass is 28.1. The molecule has 0 radical (unpaired) electrons. The lowest BCUT2D eigenvalue weighted by Crippen LogP contribution is -2.10. The number of hydrogen-bond donors (Lipinski definition) is 0. The van der Waals surface area contributed by atoms with Crippen LogP contribution in [-0.2, 0) is 0 Å². The van der Waals surface area contributed by atoms with E-state index in [9.17, 15) is 0 Å². The summed E-state index contributed by atoms with van der Waals surface area (Å²) in [7, 11) is 1.43. The van der Waals surface area contributed by atoms with Crippen molar-refractivity contribution >= 4 is 10.2 Å². The van der Waals surface area contributed by atoms with Crippen molar-refractivity contribution in [2.45, 2.75) is 180 Å². The maximum absolute atomic E-state index is 2.33. The van der Waals surface area contributed by atoms with E-state index >= 15 is 0 Å². The van der Waals surface area contributed by atoms with Gasteiger partial charge in [0, 0.05) is 10.2 Å². The smallest absolute Gasteiger partial charge is 0.00708 e. The van der Waals surface area contributed by atoms with Gasteiger partial charge in [0.25, 0.3) is 0 Å². The Morgan fingerprint density at radius 3 is 0.967 bits per heavy atom. The minimum absolute atomic E-state index is 1.07. The van der Waals surface area contributed by atoms with Gasteiger partial charge in [-0.2, -0.15) is 0 Å². The van der Waals surface area contributed by atoms with Crippen molar-refractivity contribution in [3.05, 3.63) is 0 Å². The van der Waals surface area contributed by atoms with Gasteiger partial charge in [-0.3, -0.25) is 0 Å². The Labute approximate surface area is 196 Å². The normalized spacial score (nSPS) is 12.8. The first-order valence-electron chi connectivity index (χ1n) is 14.8. The Bertz CT molecular complexity index is 281. The van der Waals surface area contributed by atoms with Crippen LogP contribution in [0, 0.1) is 5.92 Å². The molecule has 0 heterocycles. The third-order valence-corrected chi connectivity index (χ3v) is 8.94. The van der Waals surface area contributed by atoms with Crippen molar-refractivity contribution in [3.8, 4) is 0 Å². The molecule has 0 aliphatic rings. The molecule has 0 N–H and O–H groups in total. The average molecular weight is 439 g/mol. The van der Waals surface area contributed by atoms with E-state index in [0.29, 0.717) is 0 Å². The molecule has 0 rings (SSSR count). The molecule has 0 aliphatic heterocycles. The van der Waals surface area contributed by atoms with Crippen molar-refractivity contribution in [2.24, 2.45) is 5.92 Å². The monoisotopic (exact) mass is 438 g/mol. The zero-order valence-electron chi connectivity index (χ0n) is 22.1. The SMILES string of the molecule is CCCCCCCCCCC(CCCCCCCCCC)C([SiH3])CCCCCCC. The summed E-state index contributed by atoms with van der Waals surface area (Å²) in [6.45, 7) is 6.97. The molecule has 0 aliphatic carbocycles. The molecule has 0 bridgehead atoms. The van der Waals surface area contributed by atoms with Crippen LogP contribution in [-0.4, -0.2) is 10.2 Å². The van der Waals surface area contributed by atoms with Crippen LogP contribution < -0.4 is 0 Å². The Hall–Kier alpha value is 0.217. The lowest BCUT2D eigenvalue weighted by atomic mass is 9.88. The highest BCUT2D eigenvalue weighted by Crippen LogP contribution is 2.32. The van der Waals surface area contributed by atoms with Crippen molar-refractivity contribution < 1.29 is 0 Å². The first kappa shape index (κ1) is 30.2. The molecule has 0 amide bonds. The minimum Gasteiger partial charge on any atom is -0.0654 e. The van der Waals surface area contributed by atoms with Crippen LogP contribution >= 0.6 is 0 Å². The Balaban J connectivity index is 3.99. The second kappa shape index (κ2) is 25.5. The summed E-state index contributed by atoms with van der Waals surface area (Å²) in [5, 5.41) is 0. The molecular weight excluding hydrogens is 376 g/mol. The maximum Gasteiger partial charge on any atom is 0.00708 e. The van der Waals surface area contributed by atoms with Crippen LogP contribution in [0.2, 0.25) is 5.54 Å². The van der Waals surface area contributed by atoms with Crippen molar-refractivity contribution in [2.75, 3.05) is 0 Å². The summed E-state index contributed by atoms with van der Waals surface area (Å²) in [6, 6.07) is 0. The standard InChI is InChI=1S/C29H62Si/c1-4-7-10-13-15-17-20-22-25-28(29(30)27-24-19-12-9-6-3)26-23-21-18-16-14-11-8-5-2/h28-29H,4-27H2,1-3,30H3. The molecule has 1 atom stereocenters. The lowest BCUT2D eigenvalue weighted by Gasteiger charge is -2.24. The minimum atomic E-state index is 1.07. The van der Waals surface area contributed by atoms with Gasteiger partial charge in [-0.15, -0.1) is 0 Å². The van der Waals surface area contributed by atoms with Crippen LogP contribution in [0.15, 0.2) is 0 Å². The molecule has 0 aromatic rings. The average Bonchev–Trinajstić information content (AvgIpc) is 2.75. The maximum atomic E-state index is 2.33. The lowest BCUT2D eigenvalue weighted by molar-refractivity contribution is 0.366. The van der Waals surface area contributed by atoms with E-state index in [2.05, 4.69) is 20.8 Å². The molecule has 0 nitrogen and oxygen atoms in total. The van der Waals surface area contributed by atoms with E-state index in [1.165, 1.54) is 145 Å². The predicted molar refractivity (Wildman–Crippen MR) is 145 cm³/mol. The van der Waals surface area contributed by atoms with E-state index in [1.807, 2.05) is 0 Å². The summed E-state index contributed by atoms with van der Waals surface area (Å²) >= 11 is 0. The van der Waals surface area contributed by atoms with Gasteiger partial charge in [-0.1, -0.05) is 180 Å². The van der Waals surface area contributed by atoms with Crippen LogP contribution in [0.1, 0.15) is 175 Å². The van der Waals surface area contributed by atoms with Crippen LogP contribution in [0.25, 0.3) is 0 Å². The van der Waals surface area contributed by atoms with Crippen molar-refractivity contribution in [1.29, 1.82) is 0 Å². The van der Waals surface area contributed by atoms with Gasteiger partial charge in [-0.05, 0) is 5.92 Å². The summed E-state index contributed by atoms with van der Waals surface area (Å²) in [6.07, 6.45) is 35.5. The van der Waals surface area contributed by atoms with E-state index in [0.717, 1.165) is 11.5 Å². The molecule has 0 aromatic heterocycles. The highest BCUT2D eigenvalue weighted by molar-refractivity contribution is 6.11. The van der Waals surface area contributed by atoms with E-state index in [1.54, 1.807) is 19.3 Å². The van der Waals surface area contributed by atoms with Crippen LogP contribution in [0.5, 0.6) is 0 Å². The molecule has 0 fully saturated rings. The van der Waals surface area contributed by atoms with Gasteiger partial charge in [0.1, 0.15) is 0 Å². The summed E-state index contributed by atoms with van der Waals surface area (Å²) in [5.41, 5.74) is 1.10. The topological polar surface area (TPSA) is 0 Å². The van der Waals surface area contributed by atoms with Crippen molar-refractivity contribution in [3.63, 3.8) is 0 Å². The number of unbranched alkanes of at least 4 members (excludes halogenated alkanes) is 18. The number of rotatable bonds is 25. The van der Waals surface area contributed by atoms with Crippen LogP contribution in [0.3, 0.4) is 0 Å². The zero-order chi connectivity index (χ0) is 22.1. The molecule has 0 aromatic carbocycles. The summed E-state index contributed by atoms with van der Waals surface area (Å²) in [5.74, 6) is 1.07. The molecule has 182 valence electrons. The van der Waals surface area contributed by atoms with Crippen molar-refractivity contribution in [1.82, 2.24) is 0 Å². The van der Waals surface area contributed by atoms with Gasteiger partial charge in [0.05, 0.1) is 0 Å². The molecule has 30 heavy (non-hydrogen) atoms. The quantitative estimate of drug-likeness (QED) is 0.0981. The van der Waals surface area contributed by atoms with Gasteiger partial charge in [0.2, 0.25) is 0 Å². The highest BCUT2D eigenvalue weighted by Gasteiger charge is 2.16. The Morgan fingerprint density at radius 2 is 0.633 bits per heavy atom. The van der Waals surface area contributed by atoms with E-state index in [4.69, 9.17) is 0 Å². The molecular formula is C29H62Si. The second-order valence-corrected chi connectivity index (χ2v) is 12.0. The van der Waals surface area contributed by atoms with Gasteiger partial charge >= 0.3 is 0 Å². The fourth-order valence-corrected chi connectivity index (χ4v) is 6.17. The van der Waals surface area contributed by atoms with Crippen LogP contribution in [0.4, 0.5) is 0 Å². The first-order chi connectivity index (χ1) is 14.8. The molecule has 1 heteroatoms. The summed E-state index contributed by atoms with van der Waals surface area (Å²) in [4.78, 5) is 0. The Kier molecular flexibility index (Phi) is 25.7. The third kappa shape index (κ3) is 21.4. The third-order valence-electron chi connectivity index (χ3n) is 7.42. The predicted octanol–water partition coefficient (Wildman–Crippen LogP) is 10.2. The largest absolute Gasteiger partial charge is 0.0654 e. The first-order valence-corrected chi connectivity index (χ1v) is 15.9. The van der Waals surface area contributed by atoms with Gasteiger partial charge < -0.3 is 0 Å². The molecule has 0 saturated heterocycles. The second-order valence-electron chi connectivity index (χ2n) is 10.5. The fraction of sp³-hybridized carbons (Fsp3) is 1.00. The number of hydrogen-bond acceptors (Lipinski definition) is 0. The van der Waals surface area contributed by atoms with Gasteiger partial charge in [-0.25, -0.2) is 0 Å². The van der Waals surface area contributed by atoms with E-state index < -0.39 is 0 Å². The van der Waals surface area contributed by atoms with E-state index in [-0.39, 0.29) is 0 Å². The summed E-state index contributed by atoms with van der Waals surface area (Å²) < 4.78 is 0. The molecule has 0 spiro atoms. The zero-order valence-corrected chi connectivity index (χ0v) is 24.1. The molecule has 1 unspecified atom stereocenters.